The molecule has 4 rings (SSSR count). The van der Waals surface area contributed by atoms with Crippen LogP contribution in [0.4, 0.5) is 11.5 Å². The number of likely N-dealkylation sites (tertiary alicyclic amines) is 1. The number of amides is 1. The molecule has 1 aromatic heterocycles. The molecule has 6 heteroatoms. The quantitative estimate of drug-likeness (QED) is 0.699. The van der Waals surface area contributed by atoms with Gasteiger partial charge in [0, 0.05) is 22.7 Å². The van der Waals surface area contributed by atoms with Gasteiger partial charge in [-0.25, -0.2) is 4.68 Å². The highest BCUT2D eigenvalue weighted by Crippen LogP contribution is 2.28. The molecule has 1 fully saturated rings. The highest BCUT2D eigenvalue weighted by molar-refractivity contribution is 6.14. The third-order valence-electron chi connectivity index (χ3n) is 5.33. The second kappa shape index (κ2) is 7.04. The van der Waals surface area contributed by atoms with Crippen molar-refractivity contribution in [3.05, 3.63) is 53.7 Å². The molecule has 0 saturated carbocycles. The van der Waals surface area contributed by atoms with Gasteiger partial charge in [-0.15, -0.1) is 0 Å². The maximum absolute atomic E-state index is 13.0. The van der Waals surface area contributed by atoms with Crippen LogP contribution in [0.3, 0.4) is 0 Å². The average Bonchev–Trinajstić information content (AvgIpc) is 3.02. The first kappa shape index (κ1) is 17.5. The van der Waals surface area contributed by atoms with Crippen molar-refractivity contribution in [2.45, 2.75) is 25.8 Å². The molecule has 1 aliphatic rings. The smallest absolute Gasteiger partial charge is 0.257 e. The van der Waals surface area contributed by atoms with Crippen LogP contribution in [0.5, 0.6) is 0 Å². The predicted molar refractivity (Wildman–Crippen MR) is 109 cm³/mol. The number of piperidine rings is 1. The summed E-state index contributed by atoms with van der Waals surface area (Å²) in [5.41, 5.74) is 8.27. The monoisotopic (exact) mass is 363 g/mol. The molecule has 2 aromatic carbocycles. The number of fused-ring (bicyclic) bond motifs is 1. The lowest BCUT2D eigenvalue weighted by Gasteiger charge is -2.30. The minimum absolute atomic E-state index is 0.139. The molecule has 1 amide bonds. The number of hydrogen-bond acceptors (Lipinski definition) is 4. The number of carbonyl (C=O) groups excluding carboxylic acids is 1. The second-order valence-electron chi connectivity index (χ2n) is 7.35. The number of benzene rings is 2. The van der Waals surface area contributed by atoms with Crippen LogP contribution in [0, 0.1) is 6.92 Å². The second-order valence-corrected chi connectivity index (χ2v) is 7.35. The normalized spacial score (nSPS) is 15.9. The maximum Gasteiger partial charge on any atom is 0.257 e. The third-order valence-corrected chi connectivity index (χ3v) is 5.33. The summed E-state index contributed by atoms with van der Waals surface area (Å²) >= 11 is 0. The largest absolute Gasteiger partial charge is 0.398 e. The minimum atomic E-state index is -0.139. The van der Waals surface area contributed by atoms with E-state index in [-0.39, 0.29) is 5.91 Å². The van der Waals surface area contributed by atoms with Crippen molar-refractivity contribution in [2.24, 2.45) is 0 Å². The van der Waals surface area contributed by atoms with E-state index in [1.807, 2.05) is 54.1 Å². The predicted octanol–water partition coefficient (Wildman–Crippen LogP) is 3.45. The topological polar surface area (TPSA) is 76.2 Å². The van der Waals surface area contributed by atoms with Crippen molar-refractivity contribution in [1.82, 2.24) is 14.7 Å². The molecule has 1 aliphatic heterocycles. The van der Waals surface area contributed by atoms with Crippen molar-refractivity contribution in [2.75, 3.05) is 31.2 Å². The van der Waals surface area contributed by atoms with Crippen molar-refractivity contribution in [1.29, 1.82) is 0 Å². The van der Waals surface area contributed by atoms with Crippen molar-refractivity contribution < 1.29 is 4.79 Å². The van der Waals surface area contributed by atoms with Gasteiger partial charge < -0.3 is 16.0 Å². The van der Waals surface area contributed by atoms with E-state index < -0.39 is 0 Å². The Bertz CT molecular complexity index is 985. The summed E-state index contributed by atoms with van der Waals surface area (Å²) in [5.74, 6) is 0.619. The van der Waals surface area contributed by atoms with Crippen LogP contribution in [-0.4, -0.2) is 40.7 Å². The molecule has 0 atom stereocenters. The highest BCUT2D eigenvalue weighted by atomic mass is 16.1. The van der Waals surface area contributed by atoms with Crippen molar-refractivity contribution >= 4 is 28.2 Å². The lowest BCUT2D eigenvalue weighted by molar-refractivity contribution is 0.102. The van der Waals surface area contributed by atoms with Crippen LogP contribution in [0.1, 0.15) is 34.9 Å². The molecular formula is C21H25N5O. The van der Waals surface area contributed by atoms with E-state index in [9.17, 15) is 4.79 Å². The van der Waals surface area contributed by atoms with E-state index in [0.29, 0.717) is 17.3 Å². The first-order chi connectivity index (χ1) is 13.0. The van der Waals surface area contributed by atoms with Crippen LogP contribution in [0.25, 0.3) is 10.8 Å². The Morgan fingerprint density at radius 1 is 1.15 bits per heavy atom. The van der Waals surface area contributed by atoms with Gasteiger partial charge in [-0.2, -0.15) is 5.10 Å². The zero-order valence-electron chi connectivity index (χ0n) is 15.8. The molecule has 27 heavy (non-hydrogen) atoms. The summed E-state index contributed by atoms with van der Waals surface area (Å²) in [4.78, 5) is 15.4. The Balaban J connectivity index is 1.64. The van der Waals surface area contributed by atoms with Gasteiger partial charge in [0.25, 0.3) is 5.91 Å². The number of nitrogen functional groups attached to an aromatic ring is 1. The van der Waals surface area contributed by atoms with E-state index in [1.165, 1.54) is 0 Å². The molecule has 1 saturated heterocycles. The van der Waals surface area contributed by atoms with E-state index >= 15 is 0 Å². The fourth-order valence-corrected chi connectivity index (χ4v) is 3.84. The molecule has 0 bridgehead atoms. The fraction of sp³-hybridized carbons (Fsp3) is 0.333. The van der Waals surface area contributed by atoms with Gasteiger partial charge in [0.2, 0.25) is 0 Å². The van der Waals surface area contributed by atoms with E-state index in [1.54, 1.807) is 0 Å². The van der Waals surface area contributed by atoms with E-state index in [0.717, 1.165) is 48.2 Å². The summed E-state index contributed by atoms with van der Waals surface area (Å²) in [5, 5.41) is 9.47. The standard InChI is InChI=1S/C21H25N5O/c1-14-13-20(26(24-14)15-9-11-25(2)12-10-15)23-21(27)18-7-3-6-17-16(18)5-4-8-19(17)22/h3-8,13,15H,9-12,22H2,1-2H3,(H,23,27). The number of hydrogen-bond donors (Lipinski definition) is 2. The third kappa shape index (κ3) is 3.40. The molecule has 2 heterocycles. The Hall–Kier alpha value is -2.86. The lowest BCUT2D eigenvalue weighted by Crippen LogP contribution is -2.32. The first-order valence-corrected chi connectivity index (χ1v) is 9.36. The number of aromatic nitrogens is 2. The summed E-state index contributed by atoms with van der Waals surface area (Å²) in [6.45, 7) is 4.04. The Kier molecular flexibility index (Phi) is 4.58. The summed E-state index contributed by atoms with van der Waals surface area (Å²) in [6.07, 6.45) is 2.07. The number of nitrogens with one attached hydrogen (secondary N) is 1. The van der Waals surface area contributed by atoms with Crippen LogP contribution in [0.15, 0.2) is 42.5 Å². The van der Waals surface area contributed by atoms with Gasteiger partial charge in [-0.1, -0.05) is 24.3 Å². The number of carbonyl (C=O) groups is 1. The number of nitrogens with zero attached hydrogens (tertiary/aromatic N) is 3. The fourth-order valence-electron chi connectivity index (χ4n) is 3.84. The summed E-state index contributed by atoms with van der Waals surface area (Å²) in [6, 6.07) is 13.6. The van der Waals surface area contributed by atoms with Gasteiger partial charge in [0.1, 0.15) is 5.82 Å². The molecule has 0 radical (unpaired) electrons. The minimum Gasteiger partial charge on any atom is -0.398 e. The molecule has 0 unspecified atom stereocenters. The molecule has 0 aliphatic carbocycles. The van der Waals surface area contributed by atoms with Gasteiger partial charge in [-0.3, -0.25) is 4.79 Å². The number of aryl methyl sites for hydroxylation is 1. The molecule has 0 spiro atoms. The number of nitrogens with two attached hydrogens (primary N) is 1. The van der Waals surface area contributed by atoms with E-state index in [4.69, 9.17) is 5.73 Å². The van der Waals surface area contributed by atoms with Gasteiger partial charge in [0.15, 0.2) is 0 Å². The zero-order valence-corrected chi connectivity index (χ0v) is 15.8. The SMILES string of the molecule is Cc1cc(NC(=O)c2cccc3c(N)cccc23)n(C2CCN(C)CC2)n1. The highest BCUT2D eigenvalue weighted by Gasteiger charge is 2.23. The summed E-state index contributed by atoms with van der Waals surface area (Å²) < 4.78 is 1.99. The van der Waals surface area contributed by atoms with Gasteiger partial charge in [-0.05, 0) is 57.4 Å². The molecule has 6 nitrogen and oxygen atoms in total. The van der Waals surface area contributed by atoms with Crippen LogP contribution >= 0.6 is 0 Å². The Morgan fingerprint density at radius 3 is 2.63 bits per heavy atom. The molecule has 3 aromatic rings. The summed E-state index contributed by atoms with van der Waals surface area (Å²) in [7, 11) is 2.14. The Morgan fingerprint density at radius 2 is 1.85 bits per heavy atom. The van der Waals surface area contributed by atoms with E-state index in [2.05, 4.69) is 22.4 Å². The van der Waals surface area contributed by atoms with Gasteiger partial charge >= 0.3 is 0 Å². The van der Waals surface area contributed by atoms with Crippen molar-refractivity contribution in [3.8, 4) is 0 Å². The van der Waals surface area contributed by atoms with Crippen LogP contribution < -0.4 is 11.1 Å². The average molecular weight is 363 g/mol. The first-order valence-electron chi connectivity index (χ1n) is 9.36. The molecule has 3 N–H and O–H groups in total. The van der Waals surface area contributed by atoms with Gasteiger partial charge in [0.05, 0.1) is 11.7 Å². The van der Waals surface area contributed by atoms with Crippen LogP contribution in [0.2, 0.25) is 0 Å². The van der Waals surface area contributed by atoms with Crippen molar-refractivity contribution in [3.63, 3.8) is 0 Å². The molecular weight excluding hydrogens is 338 g/mol. The lowest BCUT2D eigenvalue weighted by atomic mass is 10.0. The number of anilines is 2. The Labute approximate surface area is 159 Å². The number of rotatable bonds is 3. The maximum atomic E-state index is 13.0. The van der Waals surface area contributed by atoms with Crippen LogP contribution in [-0.2, 0) is 0 Å². The molecule has 140 valence electrons. The zero-order chi connectivity index (χ0) is 19.0.